The van der Waals surface area contributed by atoms with Gasteiger partial charge in [-0.15, -0.1) is 0 Å². The quantitative estimate of drug-likeness (QED) is 0.516. The number of carbonyl (C=O) groups is 1. The molecule has 2 aromatic carbocycles. The number of sulfonamides is 1. The maximum Gasteiger partial charge on any atom is 0.411 e. The molecule has 142 valence electrons. The Morgan fingerprint density at radius 2 is 1.74 bits per heavy atom. The Bertz CT molecular complexity index is 1150. The zero-order chi connectivity index (χ0) is 19.8. The average molecular weight is 449 g/mol. The second-order valence-electron chi connectivity index (χ2n) is 5.35. The number of fused-ring (bicyclic) bond motifs is 1. The minimum atomic E-state index is -3.97. The molecule has 1 amide bonds. The number of benzene rings is 2. The van der Waals surface area contributed by atoms with Crippen molar-refractivity contribution in [3.63, 3.8) is 0 Å². The number of hydrogen-bond acceptors (Lipinski definition) is 4. The summed E-state index contributed by atoms with van der Waals surface area (Å²) in [6, 6.07) is 6.93. The van der Waals surface area contributed by atoms with Gasteiger partial charge in [0, 0.05) is 11.6 Å². The highest BCUT2D eigenvalue weighted by Gasteiger charge is 2.19. The van der Waals surface area contributed by atoms with Crippen LogP contribution in [-0.4, -0.2) is 26.6 Å². The summed E-state index contributed by atoms with van der Waals surface area (Å²) in [7, 11) is -2.77. The van der Waals surface area contributed by atoms with E-state index in [9.17, 15) is 13.2 Å². The molecule has 0 aliphatic heterocycles. The Balaban J connectivity index is 1.95. The number of ether oxygens (including phenoxy) is 1. The topological polar surface area (TPSA) is 100 Å². The highest BCUT2D eigenvalue weighted by Crippen LogP contribution is 2.35. The highest BCUT2D eigenvalue weighted by molar-refractivity contribution is 7.92. The minimum Gasteiger partial charge on any atom is -0.453 e. The fraction of sp³-hybridized carbons (Fsp3) is 0.0625. The van der Waals surface area contributed by atoms with Crippen LogP contribution >= 0.6 is 34.8 Å². The second kappa shape index (κ2) is 7.47. The normalized spacial score (nSPS) is 11.4. The molecule has 1 heterocycles. The lowest BCUT2D eigenvalue weighted by Gasteiger charge is -2.12. The molecule has 1 aromatic heterocycles. The van der Waals surface area contributed by atoms with Crippen molar-refractivity contribution in [3.05, 3.63) is 51.6 Å². The number of hydrogen-bond donors (Lipinski definition) is 3. The van der Waals surface area contributed by atoms with Gasteiger partial charge in [-0.2, -0.15) is 0 Å². The van der Waals surface area contributed by atoms with Crippen LogP contribution in [0.15, 0.2) is 41.4 Å². The van der Waals surface area contributed by atoms with Gasteiger partial charge in [0.05, 0.1) is 44.0 Å². The summed E-state index contributed by atoms with van der Waals surface area (Å²) in [6.07, 6.45) is 0.790. The number of aromatic amines is 1. The van der Waals surface area contributed by atoms with E-state index in [1.165, 1.54) is 43.6 Å². The molecule has 0 aliphatic carbocycles. The number of amides is 1. The zero-order valence-corrected chi connectivity index (χ0v) is 16.7. The Kier molecular flexibility index (Phi) is 5.43. The first kappa shape index (κ1) is 19.6. The van der Waals surface area contributed by atoms with Gasteiger partial charge < -0.3 is 9.72 Å². The van der Waals surface area contributed by atoms with Gasteiger partial charge in [-0.1, -0.05) is 34.8 Å². The van der Waals surface area contributed by atoms with Crippen LogP contribution in [0.4, 0.5) is 16.2 Å². The van der Waals surface area contributed by atoms with Gasteiger partial charge in [0.25, 0.3) is 10.0 Å². The molecule has 0 aliphatic rings. The van der Waals surface area contributed by atoms with E-state index in [0.29, 0.717) is 20.9 Å². The molecule has 3 rings (SSSR count). The van der Waals surface area contributed by atoms with Gasteiger partial charge in [0.1, 0.15) is 0 Å². The molecule has 0 saturated carbocycles. The number of aromatic nitrogens is 1. The van der Waals surface area contributed by atoms with Crippen LogP contribution in [0.2, 0.25) is 15.1 Å². The molecule has 11 heteroatoms. The van der Waals surface area contributed by atoms with Crippen molar-refractivity contribution < 1.29 is 17.9 Å². The predicted molar refractivity (Wildman–Crippen MR) is 107 cm³/mol. The SMILES string of the molecule is COC(=O)Nc1ccc(S(=O)(=O)Nc2ccc(Cl)c3c(Cl)c[nH]c23)cc1Cl. The molecule has 0 spiro atoms. The highest BCUT2D eigenvalue weighted by atomic mass is 35.5. The van der Waals surface area contributed by atoms with Crippen LogP contribution in [0.3, 0.4) is 0 Å². The van der Waals surface area contributed by atoms with Crippen molar-refractivity contribution in [1.82, 2.24) is 4.98 Å². The van der Waals surface area contributed by atoms with E-state index in [-0.39, 0.29) is 21.3 Å². The number of methoxy groups -OCH3 is 1. The first-order chi connectivity index (χ1) is 12.7. The van der Waals surface area contributed by atoms with Crippen molar-refractivity contribution in [1.29, 1.82) is 0 Å². The smallest absolute Gasteiger partial charge is 0.411 e. The Morgan fingerprint density at radius 1 is 1.04 bits per heavy atom. The number of H-pyrrole nitrogens is 1. The number of halogens is 3. The standard InChI is InChI=1S/C16H12Cl3N3O4S/c1-26-16(23)21-12-4-2-8(6-10(12)18)27(24,25)22-13-5-3-9(17)14-11(19)7-20-15(13)14/h2-7,20,22H,1H3,(H,21,23). The van der Waals surface area contributed by atoms with E-state index in [1.807, 2.05) is 0 Å². The number of carbonyl (C=O) groups excluding carboxylic acids is 1. The van der Waals surface area contributed by atoms with Gasteiger partial charge in [-0.3, -0.25) is 10.0 Å². The maximum atomic E-state index is 12.7. The lowest BCUT2D eigenvalue weighted by Crippen LogP contribution is -2.14. The van der Waals surface area contributed by atoms with E-state index in [1.54, 1.807) is 0 Å². The van der Waals surface area contributed by atoms with Crippen molar-refractivity contribution in [2.75, 3.05) is 17.1 Å². The third kappa shape index (κ3) is 3.93. The summed E-state index contributed by atoms with van der Waals surface area (Å²) < 4.78 is 32.4. The summed E-state index contributed by atoms with van der Waals surface area (Å²) in [6.45, 7) is 0. The third-order valence-corrected chi connectivity index (χ3v) is 5.94. The molecule has 27 heavy (non-hydrogen) atoms. The molecular formula is C16H12Cl3N3O4S. The molecular weight excluding hydrogens is 437 g/mol. The summed E-state index contributed by atoms with van der Waals surface area (Å²) in [5.74, 6) is 0. The fourth-order valence-electron chi connectivity index (χ4n) is 2.38. The van der Waals surface area contributed by atoms with Gasteiger partial charge in [-0.25, -0.2) is 13.2 Å². The molecule has 3 aromatic rings. The summed E-state index contributed by atoms with van der Waals surface area (Å²) >= 11 is 18.2. The minimum absolute atomic E-state index is 0.0347. The van der Waals surface area contributed by atoms with Crippen molar-refractivity contribution in [2.24, 2.45) is 0 Å². The average Bonchev–Trinajstić information content (AvgIpc) is 3.01. The van der Waals surface area contributed by atoms with Crippen molar-refractivity contribution in [3.8, 4) is 0 Å². The van der Waals surface area contributed by atoms with Gasteiger partial charge in [0.2, 0.25) is 0 Å². The van der Waals surface area contributed by atoms with Crippen LogP contribution in [0.25, 0.3) is 10.9 Å². The summed E-state index contributed by atoms with van der Waals surface area (Å²) in [5, 5.41) is 3.68. The molecule has 0 unspecified atom stereocenters. The van der Waals surface area contributed by atoms with Crippen LogP contribution in [0.1, 0.15) is 0 Å². The number of nitrogens with one attached hydrogen (secondary N) is 3. The molecule has 3 N–H and O–H groups in total. The van der Waals surface area contributed by atoms with Gasteiger partial charge in [-0.05, 0) is 30.3 Å². The van der Waals surface area contributed by atoms with E-state index in [2.05, 4.69) is 19.8 Å². The maximum absolute atomic E-state index is 12.7. The van der Waals surface area contributed by atoms with Gasteiger partial charge in [0.15, 0.2) is 0 Å². The molecule has 0 atom stereocenters. The number of anilines is 2. The van der Waals surface area contributed by atoms with E-state index in [0.717, 1.165) is 0 Å². The lowest BCUT2D eigenvalue weighted by atomic mass is 10.2. The van der Waals surface area contributed by atoms with Crippen LogP contribution in [0, 0.1) is 0 Å². The van der Waals surface area contributed by atoms with Crippen LogP contribution < -0.4 is 10.0 Å². The predicted octanol–water partition coefficient (Wildman–Crippen LogP) is 5.11. The molecule has 0 fully saturated rings. The molecule has 0 radical (unpaired) electrons. The monoisotopic (exact) mass is 447 g/mol. The Morgan fingerprint density at radius 3 is 2.41 bits per heavy atom. The van der Waals surface area contributed by atoms with Crippen LogP contribution in [-0.2, 0) is 14.8 Å². The first-order valence-corrected chi connectivity index (χ1v) is 9.97. The van der Waals surface area contributed by atoms with Gasteiger partial charge >= 0.3 is 6.09 Å². The van der Waals surface area contributed by atoms with Crippen molar-refractivity contribution >= 4 is 73.2 Å². The zero-order valence-electron chi connectivity index (χ0n) is 13.6. The van der Waals surface area contributed by atoms with E-state index < -0.39 is 16.1 Å². The summed E-state index contributed by atoms with van der Waals surface area (Å²) in [5.41, 5.74) is 0.938. The largest absolute Gasteiger partial charge is 0.453 e. The molecule has 0 bridgehead atoms. The third-order valence-electron chi connectivity index (χ3n) is 3.65. The lowest BCUT2D eigenvalue weighted by molar-refractivity contribution is 0.187. The van der Waals surface area contributed by atoms with Crippen molar-refractivity contribution in [2.45, 2.75) is 4.90 Å². The van der Waals surface area contributed by atoms with E-state index >= 15 is 0 Å². The fourth-order valence-corrected chi connectivity index (χ4v) is 4.33. The Labute approximate surface area is 169 Å². The summed E-state index contributed by atoms with van der Waals surface area (Å²) in [4.78, 5) is 14.1. The van der Waals surface area contributed by atoms with E-state index in [4.69, 9.17) is 34.8 Å². The second-order valence-corrected chi connectivity index (χ2v) is 8.25. The molecule has 7 nitrogen and oxygen atoms in total. The molecule has 0 saturated heterocycles. The van der Waals surface area contributed by atoms with Crippen LogP contribution in [0.5, 0.6) is 0 Å². The Hall–Kier alpha value is -2.13. The first-order valence-electron chi connectivity index (χ1n) is 7.35. The number of rotatable bonds is 4.